The van der Waals surface area contributed by atoms with Crippen LogP contribution in [0.15, 0.2) is 75.4 Å². The van der Waals surface area contributed by atoms with E-state index in [4.69, 9.17) is 21.1 Å². The van der Waals surface area contributed by atoms with Crippen molar-refractivity contribution < 1.29 is 31.1 Å². The summed E-state index contributed by atoms with van der Waals surface area (Å²) in [6, 6.07) is 14.7. The first-order chi connectivity index (χ1) is 17.4. The number of halogens is 4. The van der Waals surface area contributed by atoms with Gasteiger partial charge in [0.05, 0.1) is 23.4 Å². The largest absolute Gasteiger partial charge is 0.497 e. The minimum atomic E-state index is -4.66. The van der Waals surface area contributed by atoms with Crippen LogP contribution in [0.25, 0.3) is 0 Å². The molecule has 3 aromatic carbocycles. The molecule has 1 aliphatic heterocycles. The lowest BCUT2D eigenvalue weighted by molar-refractivity contribution is -0.139. The van der Waals surface area contributed by atoms with Gasteiger partial charge in [0.25, 0.3) is 10.0 Å². The molecule has 1 fully saturated rings. The van der Waals surface area contributed by atoms with Crippen LogP contribution in [0, 0.1) is 0 Å². The molecule has 0 unspecified atom stereocenters. The topological polar surface area (TPSA) is 67.9 Å². The molecule has 0 bridgehead atoms. The molecule has 1 saturated heterocycles. The number of nitrogens with zero attached hydrogens (tertiary/aromatic N) is 1. The van der Waals surface area contributed by atoms with Gasteiger partial charge in [0.15, 0.2) is 0 Å². The van der Waals surface area contributed by atoms with Crippen LogP contribution in [0.4, 0.5) is 18.9 Å². The highest BCUT2D eigenvalue weighted by atomic mass is 35.5. The van der Waals surface area contributed by atoms with Crippen molar-refractivity contribution in [2.75, 3.05) is 32.0 Å². The molecule has 1 aliphatic rings. The number of ether oxygens (including phenoxy) is 2. The summed E-state index contributed by atoms with van der Waals surface area (Å²) in [6.45, 7) is 1.17. The zero-order valence-electron chi connectivity index (χ0n) is 19.9. The zero-order valence-corrected chi connectivity index (χ0v) is 22.3. The van der Waals surface area contributed by atoms with E-state index in [1.54, 1.807) is 13.2 Å². The molecule has 1 atom stereocenters. The van der Waals surface area contributed by atoms with Gasteiger partial charge in [-0.3, -0.25) is 4.72 Å². The van der Waals surface area contributed by atoms with Gasteiger partial charge in [-0.15, -0.1) is 0 Å². The third-order valence-electron chi connectivity index (χ3n) is 5.65. The SMILES string of the molecule is COc1cccc(Sc2ccc(S(=O)(=O)Nc3ccc(C(F)(F)F)c(O[C@@H]4CCN(C)C4)c3)c(Cl)c2)c1. The van der Waals surface area contributed by atoms with Crippen LogP contribution in [0.1, 0.15) is 12.0 Å². The number of likely N-dealkylation sites (N-methyl/N-ethyl adjacent to an activating group) is 1. The number of anilines is 1. The first kappa shape index (κ1) is 27.4. The van der Waals surface area contributed by atoms with E-state index in [0.29, 0.717) is 30.2 Å². The molecule has 12 heteroatoms. The lowest BCUT2D eigenvalue weighted by Gasteiger charge is -2.19. The number of sulfonamides is 1. The summed E-state index contributed by atoms with van der Waals surface area (Å²) in [5.41, 5.74) is -1.04. The molecule has 3 aromatic rings. The van der Waals surface area contributed by atoms with Crippen molar-refractivity contribution in [1.82, 2.24) is 4.90 Å². The molecule has 0 spiro atoms. The molecule has 1 N–H and O–H groups in total. The number of likely N-dealkylation sites (tertiary alicyclic amines) is 1. The summed E-state index contributed by atoms with van der Waals surface area (Å²) in [4.78, 5) is 3.31. The van der Waals surface area contributed by atoms with Crippen molar-refractivity contribution in [3.05, 3.63) is 71.2 Å². The predicted molar refractivity (Wildman–Crippen MR) is 137 cm³/mol. The average Bonchev–Trinajstić information content (AvgIpc) is 3.22. The fraction of sp³-hybridized carbons (Fsp3) is 0.280. The molecule has 0 aliphatic carbocycles. The average molecular weight is 573 g/mol. The van der Waals surface area contributed by atoms with Crippen molar-refractivity contribution in [2.45, 2.75) is 33.4 Å². The number of hydrogen-bond donors (Lipinski definition) is 1. The van der Waals surface area contributed by atoms with Gasteiger partial charge in [0.2, 0.25) is 0 Å². The van der Waals surface area contributed by atoms with E-state index in [-0.39, 0.29) is 15.6 Å². The van der Waals surface area contributed by atoms with Crippen LogP contribution in [-0.4, -0.2) is 46.7 Å². The van der Waals surface area contributed by atoms with E-state index in [9.17, 15) is 21.6 Å². The second-order valence-electron chi connectivity index (χ2n) is 8.48. The minimum absolute atomic E-state index is 0.0298. The van der Waals surface area contributed by atoms with Gasteiger partial charge in [-0.1, -0.05) is 29.4 Å². The maximum Gasteiger partial charge on any atom is 0.419 e. The standard InChI is InChI=1S/C25H24ClF3N2O4S2/c1-31-11-10-18(15-31)35-23-12-16(6-8-21(23)25(27,28)29)30-37(32,33)24-9-7-20(14-22(24)26)36-19-5-3-4-17(13-19)34-2/h3-9,12-14,18,30H,10-11,15H2,1-2H3/t18-/m1/s1. The van der Waals surface area contributed by atoms with E-state index in [2.05, 4.69) is 4.72 Å². The summed E-state index contributed by atoms with van der Waals surface area (Å²) >= 11 is 7.68. The van der Waals surface area contributed by atoms with Gasteiger partial charge in [-0.05, 0) is 62.0 Å². The monoisotopic (exact) mass is 572 g/mol. The van der Waals surface area contributed by atoms with Crippen LogP contribution in [-0.2, 0) is 16.2 Å². The van der Waals surface area contributed by atoms with Crippen LogP contribution in [0.5, 0.6) is 11.5 Å². The van der Waals surface area contributed by atoms with E-state index in [1.165, 1.54) is 23.9 Å². The second-order valence-corrected chi connectivity index (χ2v) is 11.7. The first-order valence-corrected chi connectivity index (χ1v) is 13.8. The molecular weight excluding hydrogens is 549 g/mol. The quantitative estimate of drug-likeness (QED) is 0.337. The van der Waals surface area contributed by atoms with E-state index in [1.807, 2.05) is 36.2 Å². The molecule has 6 nitrogen and oxygen atoms in total. The third kappa shape index (κ3) is 6.84. The summed E-state index contributed by atoms with van der Waals surface area (Å²) in [5, 5.41) is -0.0298. The molecule has 198 valence electrons. The van der Waals surface area contributed by atoms with Gasteiger partial charge >= 0.3 is 6.18 Å². The number of nitrogens with one attached hydrogen (secondary N) is 1. The van der Waals surface area contributed by atoms with Crippen molar-refractivity contribution in [3.63, 3.8) is 0 Å². The third-order valence-corrected chi connectivity index (χ3v) is 8.49. The highest BCUT2D eigenvalue weighted by molar-refractivity contribution is 7.99. The Bertz CT molecular complexity index is 1390. The fourth-order valence-electron chi connectivity index (χ4n) is 3.86. The Balaban J connectivity index is 1.56. The van der Waals surface area contributed by atoms with Gasteiger partial charge in [-0.25, -0.2) is 8.42 Å². The number of benzene rings is 3. The van der Waals surface area contributed by atoms with Gasteiger partial charge in [0, 0.05) is 28.9 Å². The summed E-state index contributed by atoms with van der Waals surface area (Å²) in [5.74, 6) is 0.253. The van der Waals surface area contributed by atoms with Crippen molar-refractivity contribution >= 4 is 39.1 Å². The normalized spacial score (nSPS) is 16.5. The molecule has 37 heavy (non-hydrogen) atoms. The van der Waals surface area contributed by atoms with Gasteiger partial charge in [0.1, 0.15) is 22.5 Å². The van der Waals surface area contributed by atoms with Crippen LogP contribution >= 0.6 is 23.4 Å². The smallest absolute Gasteiger partial charge is 0.419 e. The molecule has 1 heterocycles. The van der Waals surface area contributed by atoms with E-state index < -0.39 is 33.6 Å². The number of hydrogen-bond acceptors (Lipinski definition) is 6. The minimum Gasteiger partial charge on any atom is -0.497 e. The lowest BCUT2D eigenvalue weighted by Crippen LogP contribution is -2.23. The Labute approximate surface area is 222 Å². The van der Waals surface area contributed by atoms with Gasteiger partial charge < -0.3 is 14.4 Å². The molecule has 0 amide bonds. The van der Waals surface area contributed by atoms with E-state index in [0.717, 1.165) is 23.1 Å². The summed E-state index contributed by atoms with van der Waals surface area (Å²) in [7, 11) is -0.790. The molecule has 4 rings (SSSR count). The Morgan fingerprint density at radius 3 is 2.49 bits per heavy atom. The number of alkyl halides is 3. The van der Waals surface area contributed by atoms with Crippen LogP contribution in [0.3, 0.4) is 0 Å². The Morgan fingerprint density at radius 2 is 1.84 bits per heavy atom. The molecule has 0 radical (unpaired) electrons. The zero-order chi connectivity index (χ0) is 26.8. The Kier molecular flexibility index (Phi) is 8.17. The first-order valence-electron chi connectivity index (χ1n) is 11.2. The maximum absolute atomic E-state index is 13.6. The predicted octanol–water partition coefficient (Wildman–Crippen LogP) is 6.40. The van der Waals surface area contributed by atoms with Crippen molar-refractivity contribution in [2.24, 2.45) is 0 Å². The molecular formula is C25H24ClF3N2O4S2. The lowest BCUT2D eigenvalue weighted by atomic mass is 10.1. The van der Waals surface area contributed by atoms with E-state index >= 15 is 0 Å². The van der Waals surface area contributed by atoms with Gasteiger partial charge in [-0.2, -0.15) is 13.2 Å². The highest BCUT2D eigenvalue weighted by Crippen LogP contribution is 2.39. The Morgan fingerprint density at radius 1 is 1.08 bits per heavy atom. The summed E-state index contributed by atoms with van der Waals surface area (Å²) in [6.07, 6.45) is -4.52. The van der Waals surface area contributed by atoms with Crippen molar-refractivity contribution in [1.29, 1.82) is 0 Å². The number of rotatable bonds is 8. The van der Waals surface area contributed by atoms with Crippen molar-refractivity contribution in [3.8, 4) is 11.5 Å². The second kappa shape index (κ2) is 11.0. The van der Waals surface area contributed by atoms with Crippen LogP contribution in [0.2, 0.25) is 5.02 Å². The Hall–Kier alpha value is -2.60. The maximum atomic E-state index is 13.6. The van der Waals surface area contributed by atoms with Crippen LogP contribution < -0.4 is 14.2 Å². The fourth-order valence-corrected chi connectivity index (χ4v) is 6.43. The molecule has 0 aromatic heterocycles. The summed E-state index contributed by atoms with van der Waals surface area (Å²) < 4.78 is 80.0. The number of methoxy groups -OCH3 is 1. The highest BCUT2D eigenvalue weighted by Gasteiger charge is 2.36. The molecule has 0 saturated carbocycles.